The molecule has 3 N–H and O–H groups in total. The van der Waals surface area contributed by atoms with Crippen LogP contribution in [-0.4, -0.2) is 120 Å². The number of nitrogens with zero attached hydrogens (tertiary/aromatic N) is 5. The summed E-state index contributed by atoms with van der Waals surface area (Å²) in [6.07, 6.45) is -0.850. The molecule has 40 heavy (non-hydrogen) atoms. The minimum Gasteiger partial charge on any atom is -0.481 e. The van der Waals surface area contributed by atoms with Crippen LogP contribution in [0.4, 0.5) is 10.6 Å². The van der Waals surface area contributed by atoms with Gasteiger partial charge in [-0.25, -0.2) is 14.8 Å². The Labute approximate surface area is 233 Å². The molecular formula is C27H37N7O6. The first-order valence-electron chi connectivity index (χ1n) is 13.2. The van der Waals surface area contributed by atoms with E-state index in [4.69, 9.17) is 4.74 Å². The number of ether oxygens (including phenoxy) is 1. The zero-order valence-corrected chi connectivity index (χ0v) is 23.1. The van der Waals surface area contributed by atoms with Gasteiger partial charge in [-0.3, -0.25) is 14.4 Å². The van der Waals surface area contributed by atoms with E-state index in [9.17, 15) is 24.3 Å². The lowest BCUT2D eigenvalue weighted by molar-refractivity contribution is -0.138. The Morgan fingerprint density at radius 1 is 1.05 bits per heavy atom. The SMILES string of the molecule is CCOC(=O)N1CCN(C(=O)[C@H](CCC(=O)O)NC(=O)c2cc(NCCN(C)C)nc(-c3ccccc3)n2)CC1. The van der Waals surface area contributed by atoms with Crippen LogP contribution < -0.4 is 10.6 Å². The van der Waals surface area contributed by atoms with Gasteiger partial charge in [-0.15, -0.1) is 0 Å². The number of piperazine rings is 1. The maximum atomic E-state index is 13.4. The molecule has 1 fully saturated rings. The summed E-state index contributed by atoms with van der Waals surface area (Å²) in [6.45, 7) is 4.32. The highest BCUT2D eigenvalue weighted by Crippen LogP contribution is 2.18. The van der Waals surface area contributed by atoms with Crippen LogP contribution in [0.3, 0.4) is 0 Å². The van der Waals surface area contributed by atoms with E-state index in [1.165, 1.54) is 15.9 Å². The lowest BCUT2D eigenvalue weighted by atomic mass is 10.1. The highest BCUT2D eigenvalue weighted by Gasteiger charge is 2.31. The van der Waals surface area contributed by atoms with Gasteiger partial charge in [0.25, 0.3) is 5.91 Å². The number of carbonyl (C=O) groups is 4. The van der Waals surface area contributed by atoms with E-state index in [2.05, 4.69) is 20.6 Å². The van der Waals surface area contributed by atoms with Crippen LogP contribution in [0.25, 0.3) is 11.4 Å². The molecule has 1 atom stereocenters. The van der Waals surface area contributed by atoms with Crippen LogP contribution >= 0.6 is 0 Å². The molecule has 0 radical (unpaired) electrons. The fraction of sp³-hybridized carbons (Fsp3) is 0.481. The second kappa shape index (κ2) is 14.8. The van der Waals surface area contributed by atoms with Gasteiger partial charge in [0, 0.05) is 57.3 Å². The summed E-state index contributed by atoms with van der Waals surface area (Å²) in [7, 11) is 3.89. The molecule has 1 aromatic heterocycles. The summed E-state index contributed by atoms with van der Waals surface area (Å²) in [5, 5.41) is 15.1. The van der Waals surface area contributed by atoms with Crippen molar-refractivity contribution >= 4 is 29.7 Å². The summed E-state index contributed by atoms with van der Waals surface area (Å²) >= 11 is 0. The van der Waals surface area contributed by atoms with E-state index in [0.717, 1.165) is 6.54 Å². The fourth-order valence-electron chi connectivity index (χ4n) is 4.08. The number of carboxylic acids is 1. The van der Waals surface area contributed by atoms with Crippen LogP contribution in [-0.2, 0) is 14.3 Å². The zero-order chi connectivity index (χ0) is 29.1. The Morgan fingerprint density at radius 2 is 1.73 bits per heavy atom. The predicted octanol–water partition coefficient (Wildman–Crippen LogP) is 1.38. The minimum absolute atomic E-state index is 0.0430. The van der Waals surface area contributed by atoms with E-state index in [1.54, 1.807) is 6.92 Å². The van der Waals surface area contributed by atoms with Crippen molar-refractivity contribution in [1.82, 2.24) is 30.0 Å². The third-order valence-corrected chi connectivity index (χ3v) is 6.22. The molecule has 0 spiro atoms. The van der Waals surface area contributed by atoms with E-state index in [1.807, 2.05) is 49.3 Å². The first kappa shape index (κ1) is 30.3. The topological polar surface area (TPSA) is 157 Å². The van der Waals surface area contributed by atoms with Gasteiger partial charge in [-0.1, -0.05) is 30.3 Å². The van der Waals surface area contributed by atoms with Crippen LogP contribution in [0, 0.1) is 0 Å². The van der Waals surface area contributed by atoms with Gasteiger partial charge in [0.1, 0.15) is 17.6 Å². The van der Waals surface area contributed by atoms with E-state index < -0.39 is 29.9 Å². The first-order valence-corrected chi connectivity index (χ1v) is 13.2. The second-order valence-electron chi connectivity index (χ2n) is 9.53. The molecule has 2 aromatic rings. The number of nitrogens with one attached hydrogen (secondary N) is 2. The van der Waals surface area contributed by atoms with Gasteiger partial charge < -0.3 is 35.2 Å². The van der Waals surface area contributed by atoms with E-state index >= 15 is 0 Å². The van der Waals surface area contributed by atoms with Gasteiger partial charge in [-0.05, 0) is 27.4 Å². The number of amides is 3. The fourth-order valence-corrected chi connectivity index (χ4v) is 4.08. The lowest BCUT2D eigenvalue weighted by Crippen LogP contribution is -2.56. The summed E-state index contributed by atoms with van der Waals surface area (Å²) in [5.74, 6) is -1.34. The number of aliphatic carboxylic acids is 1. The molecule has 1 aromatic carbocycles. The molecule has 13 heteroatoms. The van der Waals surface area contributed by atoms with Crippen molar-refractivity contribution in [3.05, 3.63) is 42.1 Å². The number of carbonyl (C=O) groups excluding carboxylic acids is 3. The number of likely N-dealkylation sites (N-methyl/N-ethyl adjacent to an activating group) is 1. The van der Waals surface area contributed by atoms with Crippen molar-refractivity contribution in [2.24, 2.45) is 0 Å². The molecule has 1 aliphatic heterocycles. The van der Waals surface area contributed by atoms with Crippen molar-refractivity contribution in [1.29, 1.82) is 0 Å². The molecule has 0 bridgehead atoms. The molecule has 1 saturated heterocycles. The predicted molar refractivity (Wildman–Crippen MR) is 148 cm³/mol. The Balaban J connectivity index is 1.79. The largest absolute Gasteiger partial charge is 0.481 e. The van der Waals surface area contributed by atoms with Crippen LogP contribution in [0.15, 0.2) is 36.4 Å². The molecule has 2 heterocycles. The molecule has 0 aliphatic carbocycles. The number of rotatable bonds is 12. The van der Waals surface area contributed by atoms with Gasteiger partial charge in [0.2, 0.25) is 5.91 Å². The second-order valence-corrected chi connectivity index (χ2v) is 9.53. The Morgan fingerprint density at radius 3 is 2.35 bits per heavy atom. The van der Waals surface area contributed by atoms with Crippen LogP contribution in [0.1, 0.15) is 30.3 Å². The molecule has 216 valence electrons. The van der Waals surface area contributed by atoms with Crippen molar-refractivity contribution in [3.8, 4) is 11.4 Å². The average Bonchev–Trinajstić information content (AvgIpc) is 2.95. The third-order valence-electron chi connectivity index (χ3n) is 6.22. The molecule has 3 amide bonds. The summed E-state index contributed by atoms with van der Waals surface area (Å²) in [5.41, 5.74) is 0.757. The van der Waals surface area contributed by atoms with E-state index in [0.29, 0.717) is 23.8 Å². The molecule has 3 rings (SSSR count). The normalized spacial score (nSPS) is 14.0. The van der Waals surface area contributed by atoms with Crippen LogP contribution in [0.2, 0.25) is 0 Å². The van der Waals surface area contributed by atoms with Crippen LogP contribution in [0.5, 0.6) is 0 Å². The molecule has 0 unspecified atom stereocenters. The third kappa shape index (κ3) is 8.90. The lowest BCUT2D eigenvalue weighted by Gasteiger charge is -2.35. The smallest absolute Gasteiger partial charge is 0.409 e. The number of hydrogen-bond acceptors (Lipinski definition) is 9. The van der Waals surface area contributed by atoms with Crippen molar-refractivity contribution in [3.63, 3.8) is 0 Å². The number of aromatic nitrogens is 2. The molecule has 13 nitrogen and oxygen atoms in total. The minimum atomic E-state index is -1.09. The highest BCUT2D eigenvalue weighted by molar-refractivity contribution is 5.97. The van der Waals surface area contributed by atoms with Gasteiger partial charge in [0.15, 0.2) is 5.82 Å². The highest BCUT2D eigenvalue weighted by atomic mass is 16.6. The number of hydrogen-bond donors (Lipinski definition) is 3. The summed E-state index contributed by atoms with van der Waals surface area (Å²) in [4.78, 5) is 64.1. The quantitative estimate of drug-likeness (QED) is 0.349. The number of anilines is 1. The summed E-state index contributed by atoms with van der Waals surface area (Å²) in [6, 6.07) is 9.62. The zero-order valence-electron chi connectivity index (χ0n) is 23.1. The molecular weight excluding hydrogens is 518 g/mol. The number of carboxylic acid groups (broad SMARTS) is 1. The van der Waals surface area contributed by atoms with Crippen molar-refractivity contribution in [2.45, 2.75) is 25.8 Å². The number of benzene rings is 1. The standard InChI is InChI=1S/C27H37N7O6/c1-4-40-27(39)34-16-14-33(15-17-34)26(38)20(10-11-23(35)36)30-25(37)21-18-22(28-12-13-32(2)3)31-24(29-21)19-8-6-5-7-9-19/h5-9,18,20H,4,10-17H2,1-3H3,(H,30,37)(H,35,36)(H,28,29,31)/t20-/m0/s1. The maximum Gasteiger partial charge on any atom is 0.409 e. The first-order chi connectivity index (χ1) is 19.2. The van der Waals surface area contributed by atoms with Gasteiger partial charge in [0.05, 0.1) is 6.61 Å². The summed E-state index contributed by atoms with van der Waals surface area (Å²) < 4.78 is 5.02. The molecule has 1 aliphatic rings. The Bertz CT molecular complexity index is 1170. The Kier molecular flexibility index (Phi) is 11.2. The van der Waals surface area contributed by atoms with Crippen molar-refractivity contribution in [2.75, 3.05) is 65.3 Å². The monoisotopic (exact) mass is 555 g/mol. The molecule has 0 saturated carbocycles. The van der Waals surface area contributed by atoms with E-state index in [-0.39, 0.29) is 51.3 Å². The maximum absolute atomic E-state index is 13.4. The van der Waals surface area contributed by atoms with Gasteiger partial charge >= 0.3 is 12.1 Å². The van der Waals surface area contributed by atoms with Gasteiger partial charge in [-0.2, -0.15) is 0 Å². The Hall–Kier alpha value is -4.26. The average molecular weight is 556 g/mol. The van der Waals surface area contributed by atoms with Crippen molar-refractivity contribution < 1.29 is 29.0 Å².